The molecule has 1 amide bonds. The largest absolute Gasteiger partial charge is 0.477 e. The van der Waals surface area contributed by atoms with Crippen LogP contribution in [0.15, 0.2) is 43.8 Å². The van der Waals surface area contributed by atoms with Crippen LogP contribution in [0.4, 0.5) is 0 Å². The number of fused-ring (bicyclic) bond motifs is 1. The monoisotopic (exact) mass is 340 g/mol. The second-order valence-electron chi connectivity index (χ2n) is 4.77. The molecule has 0 bridgehead atoms. The summed E-state index contributed by atoms with van der Waals surface area (Å²) in [6.07, 6.45) is 1.29. The molecule has 7 nitrogen and oxygen atoms in total. The maximum absolute atomic E-state index is 11.8. The standard InChI is InChI=1S/C13H12N2O5S2/c14-9-11(17)15-10(13(18)19)6(5-22-12(9)15)4-21-7-1-2-20-8(16)3-7/h1-3,9,12H,4-5,14H2,(H,18,19)/t9-,12+/m1/s1. The highest BCUT2D eigenvalue weighted by atomic mass is 32.2. The second kappa shape index (κ2) is 5.82. The van der Waals surface area contributed by atoms with Crippen molar-refractivity contribution < 1.29 is 19.1 Å². The van der Waals surface area contributed by atoms with Gasteiger partial charge in [0, 0.05) is 22.5 Å². The van der Waals surface area contributed by atoms with Gasteiger partial charge < -0.3 is 15.3 Å². The third-order valence-electron chi connectivity index (χ3n) is 3.38. The smallest absolute Gasteiger partial charge is 0.352 e. The molecule has 0 saturated carbocycles. The van der Waals surface area contributed by atoms with E-state index in [1.54, 1.807) is 6.07 Å². The molecule has 0 radical (unpaired) electrons. The van der Waals surface area contributed by atoms with Crippen molar-refractivity contribution in [2.45, 2.75) is 16.3 Å². The van der Waals surface area contributed by atoms with Crippen LogP contribution in [0.25, 0.3) is 0 Å². The lowest BCUT2D eigenvalue weighted by Crippen LogP contribution is -2.68. The third-order valence-corrected chi connectivity index (χ3v) is 5.82. The number of carboxylic acids is 1. The summed E-state index contributed by atoms with van der Waals surface area (Å²) in [6, 6.07) is 2.35. The van der Waals surface area contributed by atoms with E-state index in [1.807, 2.05) is 0 Å². The molecule has 0 unspecified atom stereocenters. The van der Waals surface area contributed by atoms with Gasteiger partial charge in [-0.15, -0.1) is 23.5 Å². The summed E-state index contributed by atoms with van der Waals surface area (Å²) in [5.41, 5.74) is 5.89. The highest BCUT2D eigenvalue weighted by Gasteiger charge is 2.51. The maximum Gasteiger partial charge on any atom is 0.352 e. The van der Waals surface area contributed by atoms with E-state index in [1.165, 1.54) is 40.8 Å². The zero-order chi connectivity index (χ0) is 15.9. The molecular formula is C13H12N2O5S2. The number of amides is 1. The lowest BCUT2D eigenvalue weighted by Gasteiger charge is -2.48. The Bertz CT molecular complexity index is 729. The van der Waals surface area contributed by atoms with Gasteiger partial charge in [-0.2, -0.15) is 0 Å². The van der Waals surface area contributed by atoms with E-state index >= 15 is 0 Å². The van der Waals surface area contributed by atoms with E-state index in [9.17, 15) is 19.5 Å². The molecule has 1 aromatic rings. The highest BCUT2D eigenvalue weighted by molar-refractivity contribution is 8.01. The van der Waals surface area contributed by atoms with Gasteiger partial charge in [0.15, 0.2) is 0 Å². The van der Waals surface area contributed by atoms with Crippen LogP contribution < -0.4 is 11.4 Å². The van der Waals surface area contributed by atoms with Gasteiger partial charge in [-0.3, -0.25) is 9.69 Å². The molecular weight excluding hydrogens is 328 g/mol. The van der Waals surface area contributed by atoms with Crippen molar-refractivity contribution in [3.8, 4) is 0 Å². The Morgan fingerprint density at radius 3 is 3.00 bits per heavy atom. The molecule has 2 aliphatic heterocycles. The molecule has 1 fully saturated rings. The first kappa shape index (κ1) is 15.2. The molecule has 22 heavy (non-hydrogen) atoms. The number of thioether (sulfide) groups is 2. The fourth-order valence-corrected chi connectivity index (χ4v) is 4.65. The molecule has 1 saturated heterocycles. The summed E-state index contributed by atoms with van der Waals surface area (Å²) >= 11 is 2.79. The summed E-state index contributed by atoms with van der Waals surface area (Å²) in [7, 11) is 0. The normalized spacial score (nSPS) is 24.0. The molecule has 116 valence electrons. The van der Waals surface area contributed by atoms with Gasteiger partial charge >= 0.3 is 11.6 Å². The average Bonchev–Trinajstić information content (AvgIpc) is 2.51. The Kier molecular flexibility index (Phi) is 4.02. The van der Waals surface area contributed by atoms with Crippen molar-refractivity contribution in [1.29, 1.82) is 0 Å². The zero-order valence-electron chi connectivity index (χ0n) is 11.2. The fraction of sp³-hybridized carbons (Fsp3) is 0.308. The molecule has 2 aliphatic rings. The Morgan fingerprint density at radius 2 is 2.32 bits per heavy atom. The molecule has 1 aromatic heterocycles. The van der Waals surface area contributed by atoms with Crippen LogP contribution >= 0.6 is 23.5 Å². The van der Waals surface area contributed by atoms with Gasteiger partial charge in [0.05, 0.1) is 6.26 Å². The SMILES string of the molecule is N[C@@H]1C(=O)N2C(C(=O)O)=C(CSc3ccoc(=O)c3)CS[C@@H]12. The van der Waals surface area contributed by atoms with Gasteiger partial charge in [0.1, 0.15) is 17.1 Å². The molecule has 3 rings (SSSR count). The average molecular weight is 340 g/mol. The van der Waals surface area contributed by atoms with E-state index in [2.05, 4.69) is 4.42 Å². The predicted octanol–water partition coefficient (Wildman–Crippen LogP) is 0.313. The molecule has 0 aliphatic carbocycles. The van der Waals surface area contributed by atoms with Crippen LogP contribution in [0.2, 0.25) is 0 Å². The van der Waals surface area contributed by atoms with E-state index in [0.717, 1.165) is 0 Å². The maximum atomic E-state index is 11.8. The minimum Gasteiger partial charge on any atom is -0.477 e. The van der Waals surface area contributed by atoms with Gasteiger partial charge in [0.2, 0.25) is 5.91 Å². The van der Waals surface area contributed by atoms with Crippen molar-refractivity contribution in [2.75, 3.05) is 11.5 Å². The fourth-order valence-electron chi connectivity index (χ4n) is 2.32. The molecule has 9 heteroatoms. The molecule has 3 N–H and O–H groups in total. The number of rotatable bonds is 4. The van der Waals surface area contributed by atoms with Crippen LogP contribution in [-0.4, -0.2) is 44.8 Å². The Hall–Kier alpha value is -1.71. The highest BCUT2D eigenvalue weighted by Crippen LogP contribution is 2.40. The van der Waals surface area contributed by atoms with Crippen LogP contribution in [0.3, 0.4) is 0 Å². The Balaban J connectivity index is 1.83. The van der Waals surface area contributed by atoms with Crippen molar-refractivity contribution in [2.24, 2.45) is 5.73 Å². The minimum absolute atomic E-state index is 0.0194. The van der Waals surface area contributed by atoms with E-state index < -0.39 is 17.6 Å². The van der Waals surface area contributed by atoms with E-state index in [-0.39, 0.29) is 17.0 Å². The summed E-state index contributed by atoms with van der Waals surface area (Å²) in [5, 5.41) is 9.10. The quantitative estimate of drug-likeness (QED) is 0.595. The van der Waals surface area contributed by atoms with Crippen molar-refractivity contribution in [1.82, 2.24) is 4.90 Å². The van der Waals surface area contributed by atoms with Crippen molar-refractivity contribution in [3.05, 3.63) is 40.1 Å². The second-order valence-corrected chi connectivity index (χ2v) is 6.92. The summed E-state index contributed by atoms with van der Waals surface area (Å²) in [6.45, 7) is 0. The van der Waals surface area contributed by atoms with E-state index in [0.29, 0.717) is 22.0 Å². The lowest BCUT2D eigenvalue weighted by molar-refractivity contribution is -0.147. The number of carbonyl (C=O) groups is 2. The van der Waals surface area contributed by atoms with Crippen LogP contribution in [0, 0.1) is 0 Å². The zero-order valence-corrected chi connectivity index (χ0v) is 12.9. The number of hydrogen-bond acceptors (Lipinski definition) is 7. The Morgan fingerprint density at radius 1 is 1.55 bits per heavy atom. The molecule has 3 heterocycles. The van der Waals surface area contributed by atoms with Crippen molar-refractivity contribution >= 4 is 35.4 Å². The number of hydrogen-bond donors (Lipinski definition) is 2. The number of β-lactam (4-membered cyclic amide) rings is 1. The lowest BCUT2D eigenvalue weighted by atomic mass is 10.0. The van der Waals surface area contributed by atoms with Crippen LogP contribution in [0.1, 0.15) is 0 Å². The molecule has 0 spiro atoms. The van der Waals surface area contributed by atoms with E-state index in [4.69, 9.17) is 5.73 Å². The van der Waals surface area contributed by atoms with Gasteiger partial charge in [-0.1, -0.05) is 0 Å². The van der Waals surface area contributed by atoms with Crippen molar-refractivity contribution in [3.63, 3.8) is 0 Å². The summed E-state index contributed by atoms with van der Waals surface area (Å²) < 4.78 is 4.64. The number of nitrogens with two attached hydrogens (primary N) is 1. The number of carbonyl (C=O) groups excluding carboxylic acids is 1. The Labute approximate surface area is 133 Å². The first-order chi connectivity index (χ1) is 10.5. The number of carboxylic acid groups (broad SMARTS) is 1. The molecule has 0 aromatic carbocycles. The summed E-state index contributed by atoms with van der Waals surface area (Å²) in [5.74, 6) is -0.617. The van der Waals surface area contributed by atoms with Crippen LogP contribution in [-0.2, 0) is 9.59 Å². The number of aliphatic carboxylic acids is 1. The van der Waals surface area contributed by atoms with Gasteiger partial charge in [-0.05, 0) is 11.6 Å². The van der Waals surface area contributed by atoms with Crippen LogP contribution in [0.5, 0.6) is 0 Å². The molecule has 2 atom stereocenters. The summed E-state index contributed by atoms with van der Waals surface area (Å²) in [4.78, 5) is 36.4. The predicted molar refractivity (Wildman–Crippen MR) is 81.4 cm³/mol. The first-order valence-corrected chi connectivity index (χ1v) is 8.39. The third kappa shape index (κ3) is 2.55. The number of nitrogens with zero attached hydrogens (tertiary/aromatic N) is 1. The minimum atomic E-state index is -1.13. The first-order valence-electron chi connectivity index (χ1n) is 6.36. The topological polar surface area (TPSA) is 114 Å². The van der Waals surface area contributed by atoms with Gasteiger partial charge in [-0.25, -0.2) is 9.59 Å². The van der Waals surface area contributed by atoms with Gasteiger partial charge in [0.25, 0.3) is 0 Å².